The molecule has 0 bridgehead atoms. The monoisotopic (exact) mass is 1200 g/mol. The second kappa shape index (κ2) is 32.6. The molecule has 0 aromatic heterocycles. The van der Waals surface area contributed by atoms with Gasteiger partial charge in [0.25, 0.3) is 0 Å². The molecule has 0 heterocycles. The fraction of sp³-hybridized carbons (Fsp3) is 0.318. The Morgan fingerprint density at radius 2 is 0.560 bits per heavy atom. The number of hydrogen-bond donors (Lipinski definition) is 0. The van der Waals surface area contributed by atoms with Gasteiger partial charge in [0.05, 0.1) is 0 Å². The zero-order valence-corrected chi connectivity index (χ0v) is 57.3. The molecular weight excluding hydrogens is 1100 g/mol. The number of anilines is 9. The molecule has 10 aromatic carbocycles. The van der Waals surface area contributed by atoms with Crippen molar-refractivity contribution in [1.29, 1.82) is 0 Å². The fourth-order valence-electron chi connectivity index (χ4n) is 12.8. The Labute approximate surface area is 549 Å². The van der Waals surface area contributed by atoms with E-state index in [2.05, 4.69) is 328 Å². The van der Waals surface area contributed by atoms with Gasteiger partial charge in [0.2, 0.25) is 0 Å². The molecule has 10 aromatic rings. The van der Waals surface area contributed by atoms with Crippen LogP contribution < -0.4 is 14.7 Å². The molecule has 1 aliphatic rings. The van der Waals surface area contributed by atoms with Gasteiger partial charge in [0.15, 0.2) is 0 Å². The van der Waals surface area contributed by atoms with Gasteiger partial charge in [-0.3, -0.25) is 0 Å². The Balaban J connectivity index is 0.000000172. The summed E-state index contributed by atoms with van der Waals surface area (Å²) in [4.78, 5) is 7.02. The van der Waals surface area contributed by atoms with E-state index >= 15 is 0 Å². The molecule has 1 unspecified atom stereocenters. The molecule has 0 aliphatic heterocycles. The summed E-state index contributed by atoms with van der Waals surface area (Å²) in [5, 5.41) is 0. The third-order valence-corrected chi connectivity index (χ3v) is 18.8. The summed E-state index contributed by atoms with van der Waals surface area (Å²) in [5.41, 5.74) is 28.8. The minimum absolute atomic E-state index is 0.188. The minimum Gasteiger partial charge on any atom is -0.311 e. The molecule has 3 nitrogen and oxygen atoms in total. The summed E-state index contributed by atoms with van der Waals surface area (Å²) >= 11 is 0. The van der Waals surface area contributed by atoms with Crippen LogP contribution in [0.15, 0.2) is 231 Å². The van der Waals surface area contributed by atoms with Crippen LogP contribution in [0.2, 0.25) is 0 Å². The first-order valence-corrected chi connectivity index (χ1v) is 34.5. The highest BCUT2D eigenvalue weighted by molar-refractivity contribution is 5.83. The molecule has 3 heteroatoms. The zero-order valence-electron chi connectivity index (χ0n) is 57.3. The second-order valence-electron chi connectivity index (χ2n) is 26.3. The van der Waals surface area contributed by atoms with Crippen molar-refractivity contribution >= 4 is 51.2 Å². The van der Waals surface area contributed by atoms with Crippen LogP contribution in [0.1, 0.15) is 186 Å². The van der Waals surface area contributed by atoms with Crippen LogP contribution in [0, 0.1) is 41.5 Å². The van der Waals surface area contributed by atoms with Crippen LogP contribution >= 0.6 is 0 Å². The first kappa shape index (κ1) is 67.0. The summed E-state index contributed by atoms with van der Waals surface area (Å²) in [6, 6.07) is 85.3. The quantitative estimate of drug-likeness (QED) is 0.0558. The van der Waals surface area contributed by atoms with E-state index in [1.165, 1.54) is 167 Å². The van der Waals surface area contributed by atoms with Crippen molar-refractivity contribution in [1.82, 2.24) is 0 Å². The second-order valence-corrected chi connectivity index (χ2v) is 26.3. The van der Waals surface area contributed by atoms with Crippen LogP contribution in [0.3, 0.4) is 0 Å². The molecule has 11 rings (SSSR count). The molecule has 1 atom stereocenters. The van der Waals surface area contributed by atoms with Gasteiger partial charge in [0, 0.05) is 56.6 Å². The van der Waals surface area contributed by atoms with E-state index in [1.54, 1.807) is 11.1 Å². The lowest BCUT2D eigenvalue weighted by Gasteiger charge is -2.28. The van der Waals surface area contributed by atoms with Gasteiger partial charge in [-0.15, -0.1) is 0 Å². The standard InChI is InChI=1S/C40H44N2.C24H27N.C24H32/c1-5-7-9-33-15-23-37(24-16-33)41(35-19-11-31(3)12-20-35)39-27-29-40(30-28-39)42(36-21-13-32(4)14-22-36)38-25-17-34(18-26-38)10-8-6-2;1-5-20(4)21-10-16-24(17-11-21)25(22-12-6-18(2)7-13-22)23-14-8-19(3)9-15-23;1-5-6-7-8-9-10-15-24(4)22-16-18(2)11-13-20(22)21-14-12-19(3)17-23(21)24/h11-30H,5-10H2,1-4H3;6-17,20H,5H2,1-4H3;11-14,16-17H,5-10,15H2,1-4H3. The van der Waals surface area contributed by atoms with E-state index in [4.69, 9.17) is 0 Å². The van der Waals surface area contributed by atoms with Gasteiger partial charge >= 0.3 is 0 Å². The molecule has 0 amide bonds. The third-order valence-electron chi connectivity index (χ3n) is 18.8. The van der Waals surface area contributed by atoms with Gasteiger partial charge < -0.3 is 14.7 Å². The van der Waals surface area contributed by atoms with E-state index in [9.17, 15) is 0 Å². The molecule has 0 fully saturated rings. The van der Waals surface area contributed by atoms with E-state index in [1.807, 2.05) is 0 Å². The van der Waals surface area contributed by atoms with E-state index < -0.39 is 0 Å². The fourth-order valence-corrected chi connectivity index (χ4v) is 12.8. The Morgan fingerprint density at radius 3 is 0.868 bits per heavy atom. The van der Waals surface area contributed by atoms with Gasteiger partial charge in [-0.25, -0.2) is 0 Å². The number of fused-ring (bicyclic) bond motifs is 3. The molecule has 0 saturated heterocycles. The molecule has 91 heavy (non-hydrogen) atoms. The largest absolute Gasteiger partial charge is 0.311 e. The van der Waals surface area contributed by atoms with E-state index in [0.717, 1.165) is 35.6 Å². The zero-order chi connectivity index (χ0) is 64.3. The summed E-state index contributed by atoms with van der Waals surface area (Å²) < 4.78 is 0. The number of benzene rings is 10. The molecule has 470 valence electrons. The van der Waals surface area contributed by atoms with Crippen LogP contribution in [0.25, 0.3) is 11.1 Å². The number of aryl methyl sites for hydroxylation is 8. The normalized spacial score (nSPS) is 12.2. The number of hydrogen-bond acceptors (Lipinski definition) is 3. The topological polar surface area (TPSA) is 9.72 Å². The minimum atomic E-state index is 0.188. The highest BCUT2D eigenvalue weighted by Crippen LogP contribution is 2.52. The average molecular weight is 1200 g/mol. The predicted molar refractivity (Wildman–Crippen MR) is 398 cm³/mol. The SMILES string of the molecule is CCC(C)c1ccc(N(c2ccc(C)cc2)c2ccc(C)cc2)cc1.CCCCCCCCC1(C)c2cc(C)ccc2-c2ccc(C)cc21.CCCCc1ccc(N(c2ccc(C)cc2)c2ccc(N(c3ccc(C)cc3)c3ccc(CCCC)cc3)cc2)cc1. The van der Waals surface area contributed by atoms with Crippen molar-refractivity contribution in [2.24, 2.45) is 0 Å². The lowest BCUT2D eigenvalue weighted by atomic mass is 9.75. The van der Waals surface area contributed by atoms with Gasteiger partial charge in [-0.2, -0.15) is 0 Å². The lowest BCUT2D eigenvalue weighted by molar-refractivity contribution is 0.480. The van der Waals surface area contributed by atoms with Gasteiger partial charge in [-0.05, 0) is 234 Å². The van der Waals surface area contributed by atoms with Crippen molar-refractivity contribution in [3.05, 3.63) is 292 Å². The van der Waals surface area contributed by atoms with Crippen LogP contribution in [-0.2, 0) is 18.3 Å². The van der Waals surface area contributed by atoms with Crippen molar-refractivity contribution in [2.75, 3.05) is 14.7 Å². The number of rotatable bonds is 24. The molecular formula is C88H103N3. The highest BCUT2D eigenvalue weighted by atomic mass is 15.2. The first-order valence-electron chi connectivity index (χ1n) is 34.5. The highest BCUT2D eigenvalue weighted by Gasteiger charge is 2.39. The maximum Gasteiger partial charge on any atom is 0.0463 e. The van der Waals surface area contributed by atoms with Crippen molar-refractivity contribution in [3.8, 4) is 11.1 Å². The van der Waals surface area contributed by atoms with Crippen LogP contribution in [0.5, 0.6) is 0 Å². The maximum atomic E-state index is 2.47. The smallest absolute Gasteiger partial charge is 0.0463 e. The Morgan fingerprint density at radius 1 is 0.297 bits per heavy atom. The predicted octanol–water partition coefficient (Wildman–Crippen LogP) is 26.6. The summed E-state index contributed by atoms with van der Waals surface area (Å²) in [6.07, 6.45) is 17.8. The van der Waals surface area contributed by atoms with Crippen molar-refractivity contribution in [3.63, 3.8) is 0 Å². The van der Waals surface area contributed by atoms with Gasteiger partial charge in [0.1, 0.15) is 0 Å². The molecule has 1 aliphatic carbocycles. The first-order chi connectivity index (χ1) is 44.2. The summed E-state index contributed by atoms with van der Waals surface area (Å²) in [7, 11) is 0. The molecule has 0 saturated carbocycles. The van der Waals surface area contributed by atoms with Gasteiger partial charge in [-0.1, -0.05) is 248 Å². The number of unbranched alkanes of at least 4 members (excludes halogenated alkanes) is 7. The number of nitrogens with zero attached hydrogens (tertiary/aromatic N) is 3. The molecule has 0 spiro atoms. The van der Waals surface area contributed by atoms with E-state index in [0.29, 0.717) is 5.92 Å². The lowest BCUT2D eigenvalue weighted by Crippen LogP contribution is -2.21. The molecule has 0 radical (unpaired) electrons. The summed E-state index contributed by atoms with van der Waals surface area (Å²) in [6.45, 7) is 26.8. The Bertz CT molecular complexity index is 3580. The van der Waals surface area contributed by atoms with E-state index in [-0.39, 0.29) is 5.41 Å². The average Bonchev–Trinajstić information content (AvgIpc) is 1.58. The molecule has 0 N–H and O–H groups in total. The van der Waals surface area contributed by atoms with Crippen LogP contribution in [0.4, 0.5) is 51.2 Å². The maximum absolute atomic E-state index is 2.47. The van der Waals surface area contributed by atoms with Crippen molar-refractivity contribution < 1.29 is 0 Å². The summed E-state index contributed by atoms with van der Waals surface area (Å²) in [5.74, 6) is 0.598. The Kier molecular flexibility index (Phi) is 24.0. The van der Waals surface area contributed by atoms with Crippen molar-refractivity contribution in [2.45, 2.75) is 184 Å². The van der Waals surface area contributed by atoms with Crippen LogP contribution in [-0.4, -0.2) is 0 Å². The third kappa shape index (κ3) is 17.4. The Hall–Kier alpha value is -8.40.